The van der Waals surface area contributed by atoms with Crippen LogP contribution in [0, 0.1) is 0 Å². The summed E-state index contributed by atoms with van der Waals surface area (Å²) in [5.74, 6) is 0. The van der Waals surface area contributed by atoms with Gasteiger partial charge in [-0.15, -0.1) is 0 Å². The van der Waals surface area contributed by atoms with Gasteiger partial charge in [-0.1, -0.05) is 13.0 Å². The monoisotopic (exact) mass is 420 g/mol. The van der Waals surface area contributed by atoms with Crippen LogP contribution in [0.4, 0.5) is 22.7 Å². The van der Waals surface area contributed by atoms with Crippen LogP contribution in [0.2, 0.25) is 0 Å². The number of hydrogen-bond donors (Lipinski definition) is 0. The lowest BCUT2D eigenvalue weighted by Gasteiger charge is -2.31. The third kappa shape index (κ3) is 4.65. The van der Waals surface area contributed by atoms with E-state index < -0.39 is 0 Å². The molecule has 0 aromatic heterocycles. The van der Waals surface area contributed by atoms with Crippen LogP contribution in [0.1, 0.15) is 45.6 Å². The summed E-state index contributed by atoms with van der Waals surface area (Å²) in [5, 5.41) is 0. The van der Waals surface area contributed by atoms with E-state index in [1.807, 2.05) is 0 Å². The van der Waals surface area contributed by atoms with Crippen molar-refractivity contribution in [2.45, 2.75) is 46.5 Å². The fraction of sp³-hybridized carbons (Fsp3) is 0.500. The van der Waals surface area contributed by atoms with Crippen molar-refractivity contribution in [2.75, 3.05) is 54.0 Å². The van der Waals surface area contributed by atoms with Crippen molar-refractivity contribution < 1.29 is 4.74 Å². The summed E-state index contributed by atoms with van der Waals surface area (Å²) in [6, 6.07) is 16.6. The summed E-state index contributed by atoms with van der Waals surface area (Å²) in [5.41, 5.74) is 6.37. The van der Waals surface area contributed by atoms with Gasteiger partial charge in [0.05, 0.1) is 6.54 Å². The predicted octanol–water partition coefficient (Wildman–Crippen LogP) is 5.61. The molecule has 0 radical (unpaired) electrons. The number of ether oxygens (including phenoxy) is 1. The summed E-state index contributed by atoms with van der Waals surface area (Å²) >= 11 is 0. The molecule has 5 nitrogen and oxygen atoms in total. The zero-order valence-corrected chi connectivity index (χ0v) is 19.3. The standard InChI is InChI=1S/C26H36N4O/c1-4-21-19-24(13-14-25(21)30(6-3)26-27-15-18-31-26)29(5-2)23-12-10-11-22(20-23)28-16-8-7-9-17-28/h10-14,19-20H,4-9,15-18H2,1-3H3. The maximum Gasteiger partial charge on any atom is 0.292 e. The lowest BCUT2D eigenvalue weighted by molar-refractivity contribution is 0.339. The van der Waals surface area contributed by atoms with Crippen LogP contribution in [0.3, 0.4) is 0 Å². The van der Waals surface area contributed by atoms with Crippen LogP contribution < -0.4 is 14.7 Å². The van der Waals surface area contributed by atoms with Gasteiger partial charge in [0.1, 0.15) is 6.61 Å². The van der Waals surface area contributed by atoms with Crippen molar-refractivity contribution in [3.8, 4) is 0 Å². The second-order valence-electron chi connectivity index (χ2n) is 8.24. The fourth-order valence-corrected chi connectivity index (χ4v) is 4.71. The van der Waals surface area contributed by atoms with Crippen molar-refractivity contribution in [1.29, 1.82) is 0 Å². The third-order valence-electron chi connectivity index (χ3n) is 6.34. The molecule has 5 heteroatoms. The van der Waals surface area contributed by atoms with Crippen molar-refractivity contribution in [2.24, 2.45) is 4.99 Å². The number of rotatable bonds is 7. The second kappa shape index (κ2) is 10.1. The molecule has 0 spiro atoms. The molecule has 31 heavy (non-hydrogen) atoms. The Balaban J connectivity index is 1.63. The van der Waals surface area contributed by atoms with Gasteiger partial charge in [0.25, 0.3) is 6.02 Å². The topological polar surface area (TPSA) is 31.3 Å². The number of piperidine rings is 1. The number of benzene rings is 2. The van der Waals surface area contributed by atoms with E-state index in [0.29, 0.717) is 6.61 Å². The smallest absolute Gasteiger partial charge is 0.292 e. The molecule has 4 rings (SSSR count). The Morgan fingerprint density at radius 1 is 0.903 bits per heavy atom. The Hall–Kier alpha value is -2.69. The third-order valence-corrected chi connectivity index (χ3v) is 6.34. The molecule has 2 aliphatic rings. The number of aliphatic imine (C=N–C) groups is 1. The Morgan fingerprint density at radius 2 is 1.68 bits per heavy atom. The molecular weight excluding hydrogens is 384 g/mol. The Morgan fingerprint density at radius 3 is 2.35 bits per heavy atom. The van der Waals surface area contributed by atoms with Crippen LogP contribution in [0.5, 0.6) is 0 Å². The first-order chi connectivity index (χ1) is 15.2. The quantitative estimate of drug-likeness (QED) is 0.583. The minimum atomic E-state index is 0.683. The summed E-state index contributed by atoms with van der Waals surface area (Å²) in [7, 11) is 0. The van der Waals surface area contributed by atoms with Gasteiger partial charge >= 0.3 is 0 Å². The summed E-state index contributed by atoms with van der Waals surface area (Å²) in [4.78, 5) is 11.7. The zero-order valence-electron chi connectivity index (χ0n) is 19.3. The summed E-state index contributed by atoms with van der Waals surface area (Å²) in [6.07, 6.45) is 4.92. The van der Waals surface area contributed by atoms with Gasteiger partial charge in [-0.25, -0.2) is 4.99 Å². The van der Waals surface area contributed by atoms with E-state index in [9.17, 15) is 0 Å². The van der Waals surface area contributed by atoms with E-state index >= 15 is 0 Å². The molecule has 2 aromatic rings. The van der Waals surface area contributed by atoms with Crippen LogP contribution in [0.25, 0.3) is 0 Å². The van der Waals surface area contributed by atoms with Gasteiger partial charge in [0.15, 0.2) is 0 Å². The number of aryl methyl sites for hydroxylation is 1. The van der Waals surface area contributed by atoms with E-state index in [1.54, 1.807) is 0 Å². The Labute approximate surface area is 187 Å². The number of nitrogens with zero attached hydrogens (tertiary/aromatic N) is 4. The molecule has 1 fully saturated rings. The first-order valence-electron chi connectivity index (χ1n) is 11.9. The molecular formula is C26H36N4O. The van der Waals surface area contributed by atoms with Gasteiger partial charge < -0.3 is 14.5 Å². The van der Waals surface area contributed by atoms with E-state index in [1.165, 1.54) is 60.7 Å². The summed E-state index contributed by atoms with van der Waals surface area (Å²) in [6.45, 7) is 12.2. The lowest BCUT2D eigenvalue weighted by atomic mass is 10.1. The normalized spacial score (nSPS) is 16.1. The van der Waals surface area contributed by atoms with E-state index in [2.05, 4.69) is 82.9 Å². The highest BCUT2D eigenvalue weighted by molar-refractivity contribution is 5.93. The molecule has 1 saturated heterocycles. The minimum Gasteiger partial charge on any atom is -0.463 e. The number of hydrogen-bond acceptors (Lipinski definition) is 5. The molecule has 2 aromatic carbocycles. The van der Waals surface area contributed by atoms with Crippen molar-refractivity contribution in [1.82, 2.24) is 0 Å². The molecule has 0 atom stereocenters. The highest BCUT2D eigenvalue weighted by Crippen LogP contribution is 2.33. The van der Waals surface area contributed by atoms with E-state index in [-0.39, 0.29) is 0 Å². The highest BCUT2D eigenvalue weighted by Gasteiger charge is 2.21. The molecule has 2 heterocycles. The maximum atomic E-state index is 5.76. The molecule has 0 amide bonds. The first-order valence-corrected chi connectivity index (χ1v) is 11.9. The molecule has 166 valence electrons. The molecule has 0 aliphatic carbocycles. The SMILES string of the molecule is CCc1cc(N(CC)c2cccc(N3CCCCC3)c2)ccc1N(CC)C1=NCCO1. The zero-order chi connectivity index (χ0) is 21.6. The van der Waals surface area contributed by atoms with Crippen molar-refractivity contribution in [3.05, 3.63) is 48.0 Å². The molecule has 0 N–H and O–H groups in total. The van der Waals surface area contributed by atoms with Gasteiger partial charge in [-0.05, 0) is 81.5 Å². The molecule has 2 aliphatic heterocycles. The molecule has 0 saturated carbocycles. The van der Waals surface area contributed by atoms with Crippen LogP contribution in [0.15, 0.2) is 47.5 Å². The molecule has 0 unspecified atom stereocenters. The number of amidine groups is 1. The van der Waals surface area contributed by atoms with Crippen molar-refractivity contribution in [3.63, 3.8) is 0 Å². The van der Waals surface area contributed by atoms with Crippen LogP contribution in [-0.2, 0) is 11.2 Å². The van der Waals surface area contributed by atoms with Crippen molar-refractivity contribution >= 4 is 28.8 Å². The van der Waals surface area contributed by atoms with Gasteiger partial charge in [0, 0.05) is 48.9 Å². The van der Waals surface area contributed by atoms with E-state index in [4.69, 9.17) is 4.74 Å². The van der Waals surface area contributed by atoms with E-state index in [0.717, 1.165) is 32.1 Å². The maximum absolute atomic E-state index is 5.76. The Kier molecular flexibility index (Phi) is 7.00. The van der Waals surface area contributed by atoms with Crippen LogP contribution >= 0.6 is 0 Å². The highest BCUT2D eigenvalue weighted by atomic mass is 16.5. The van der Waals surface area contributed by atoms with Gasteiger partial charge in [-0.3, -0.25) is 4.90 Å². The van der Waals surface area contributed by atoms with Crippen LogP contribution in [-0.4, -0.2) is 45.4 Å². The van der Waals surface area contributed by atoms with Gasteiger partial charge in [-0.2, -0.15) is 0 Å². The number of anilines is 4. The molecule has 0 bridgehead atoms. The average molecular weight is 421 g/mol. The van der Waals surface area contributed by atoms with Gasteiger partial charge in [0.2, 0.25) is 0 Å². The lowest BCUT2D eigenvalue weighted by Crippen LogP contribution is -2.31. The minimum absolute atomic E-state index is 0.683. The largest absolute Gasteiger partial charge is 0.463 e. The Bertz CT molecular complexity index is 904. The predicted molar refractivity (Wildman–Crippen MR) is 132 cm³/mol. The summed E-state index contributed by atoms with van der Waals surface area (Å²) < 4.78 is 5.76. The fourth-order valence-electron chi connectivity index (χ4n) is 4.71. The average Bonchev–Trinajstić information content (AvgIpc) is 3.36. The first kappa shape index (κ1) is 21.5. The second-order valence-corrected chi connectivity index (χ2v) is 8.24.